The second kappa shape index (κ2) is 7.54. The van der Waals surface area contributed by atoms with Gasteiger partial charge in [0.1, 0.15) is 23.0 Å². The summed E-state index contributed by atoms with van der Waals surface area (Å²) in [5.74, 6) is 2.02. The topological polar surface area (TPSA) is 89.9 Å². The molecule has 2 aromatic carbocycles. The number of hydrogen-bond donors (Lipinski definition) is 0. The fraction of sp³-hybridized carbons (Fsp3) is 0.379. The van der Waals surface area contributed by atoms with Gasteiger partial charge >= 0.3 is 0 Å². The number of benzene rings is 2. The second-order valence-corrected chi connectivity index (χ2v) is 10.8. The summed E-state index contributed by atoms with van der Waals surface area (Å²) in [5, 5.41) is 10.0. The van der Waals surface area contributed by atoms with Crippen LogP contribution in [0.25, 0.3) is 22.1 Å². The van der Waals surface area contributed by atoms with E-state index in [4.69, 9.17) is 14.7 Å². The van der Waals surface area contributed by atoms with Crippen LogP contribution in [0.3, 0.4) is 0 Å². The van der Waals surface area contributed by atoms with E-state index in [1.807, 2.05) is 34.1 Å². The van der Waals surface area contributed by atoms with Crippen molar-refractivity contribution >= 4 is 28.6 Å². The number of furan rings is 1. The molecule has 1 aromatic heterocycles. The first-order valence-corrected chi connectivity index (χ1v) is 12.7. The lowest BCUT2D eigenvalue weighted by Gasteiger charge is -2.41. The summed E-state index contributed by atoms with van der Waals surface area (Å²) in [6, 6.07) is 16.0. The molecule has 2 aliphatic heterocycles. The molecule has 180 valence electrons. The molecule has 0 bridgehead atoms. The Balaban J connectivity index is 1.14. The van der Waals surface area contributed by atoms with E-state index in [0.717, 1.165) is 72.2 Å². The van der Waals surface area contributed by atoms with Gasteiger partial charge in [-0.2, -0.15) is 5.26 Å². The number of nitrogens with zero attached hydrogens (tertiary/aromatic N) is 4. The lowest BCUT2D eigenvalue weighted by molar-refractivity contribution is -0.139. The van der Waals surface area contributed by atoms with E-state index >= 15 is 0 Å². The molecule has 0 atom stereocenters. The molecule has 1 saturated heterocycles. The molecule has 0 radical (unpaired) electrons. The van der Waals surface area contributed by atoms with Gasteiger partial charge in [0.25, 0.3) is 5.91 Å². The van der Waals surface area contributed by atoms with Crippen molar-refractivity contribution in [3.05, 3.63) is 59.4 Å². The molecule has 7 heteroatoms. The molecule has 3 fully saturated rings. The van der Waals surface area contributed by atoms with Crippen LogP contribution in [-0.2, 0) is 9.59 Å². The molecule has 7 rings (SSSR count). The highest BCUT2D eigenvalue weighted by molar-refractivity contribution is 6.16. The molecule has 7 nitrogen and oxygen atoms in total. The van der Waals surface area contributed by atoms with Gasteiger partial charge in [0.05, 0.1) is 0 Å². The summed E-state index contributed by atoms with van der Waals surface area (Å²) in [4.78, 5) is 34.4. The molecule has 0 unspecified atom stereocenters. The van der Waals surface area contributed by atoms with Crippen molar-refractivity contribution in [2.75, 3.05) is 19.6 Å². The van der Waals surface area contributed by atoms with Gasteiger partial charge in [0.2, 0.25) is 11.7 Å². The Morgan fingerprint density at radius 2 is 1.92 bits per heavy atom. The average molecular weight is 479 g/mol. The van der Waals surface area contributed by atoms with Gasteiger partial charge < -0.3 is 9.32 Å². The summed E-state index contributed by atoms with van der Waals surface area (Å²) in [6.45, 7) is 4.16. The van der Waals surface area contributed by atoms with Gasteiger partial charge in [-0.3, -0.25) is 19.5 Å². The van der Waals surface area contributed by atoms with E-state index in [1.165, 1.54) is 0 Å². The normalized spacial score (nSPS) is 20.6. The van der Waals surface area contributed by atoms with Crippen LogP contribution in [0.1, 0.15) is 42.6 Å². The third-order valence-electron chi connectivity index (χ3n) is 8.00. The first kappa shape index (κ1) is 21.4. The Labute approximate surface area is 209 Å². The highest BCUT2D eigenvalue weighted by atomic mass is 16.3. The van der Waals surface area contributed by atoms with Gasteiger partial charge in [0.15, 0.2) is 0 Å². The first-order valence-electron chi connectivity index (χ1n) is 12.7. The zero-order chi connectivity index (χ0) is 24.6. The van der Waals surface area contributed by atoms with Crippen LogP contribution in [0.5, 0.6) is 0 Å². The number of carbonyl (C=O) groups excluding carboxylic acids is 2. The third-order valence-corrected chi connectivity index (χ3v) is 8.00. The zero-order valence-corrected chi connectivity index (χ0v) is 20.2. The molecule has 0 N–H and O–H groups in total. The van der Waals surface area contributed by atoms with Crippen molar-refractivity contribution in [2.45, 2.75) is 38.1 Å². The van der Waals surface area contributed by atoms with Crippen molar-refractivity contribution < 1.29 is 14.0 Å². The minimum atomic E-state index is -0.556. The second-order valence-electron chi connectivity index (χ2n) is 10.8. The average Bonchev–Trinajstić information content (AvgIpc) is 3.77. The molecule has 36 heavy (non-hydrogen) atoms. The Morgan fingerprint density at radius 1 is 1.14 bits per heavy atom. The number of rotatable bonds is 5. The monoisotopic (exact) mass is 478 g/mol. The molecule has 2 aliphatic carbocycles. The van der Waals surface area contributed by atoms with Gasteiger partial charge in [-0.15, -0.1) is 0 Å². The maximum absolute atomic E-state index is 13.3. The summed E-state index contributed by atoms with van der Waals surface area (Å²) in [7, 11) is 0. The van der Waals surface area contributed by atoms with Gasteiger partial charge in [-0.05, 0) is 67.5 Å². The molecule has 2 amide bonds. The Bertz CT molecular complexity index is 1510. The summed E-state index contributed by atoms with van der Waals surface area (Å²) in [5.41, 5.74) is 4.32. The van der Waals surface area contributed by atoms with Crippen molar-refractivity contribution in [3.8, 4) is 17.2 Å². The van der Waals surface area contributed by atoms with E-state index in [9.17, 15) is 9.59 Å². The maximum Gasteiger partial charge on any atom is 0.256 e. The maximum atomic E-state index is 13.3. The molecular formula is C29H26N4O3. The van der Waals surface area contributed by atoms with Crippen molar-refractivity contribution in [3.63, 3.8) is 0 Å². The number of nitriles is 1. The van der Waals surface area contributed by atoms with E-state index < -0.39 is 5.54 Å². The summed E-state index contributed by atoms with van der Waals surface area (Å²) >= 11 is 0. The molecular weight excluding hydrogens is 452 g/mol. The van der Waals surface area contributed by atoms with E-state index in [0.29, 0.717) is 23.8 Å². The smallest absolute Gasteiger partial charge is 0.256 e. The number of aliphatic imine (C=N–C) groups is 1. The van der Waals surface area contributed by atoms with Crippen LogP contribution in [0.4, 0.5) is 0 Å². The first-order chi connectivity index (χ1) is 17.4. The Morgan fingerprint density at radius 3 is 2.61 bits per heavy atom. The van der Waals surface area contributed by atoms with Gasteiger partial charge in [-0.25, -0.2) is 0 Å². The van der Waals surface area contributed by atoms with Gasteiger partial charge in [0, 0.05) is 48.5 Å². The van der Waals surface area contributed by atoms with Crippen molar-refractivity contribution in [2.24, 2.45) is 16.8 Å². The fourth-order valence-electron chi connectivity index (χ4n) is 5.60. The number of hydrogen-bond acceptors (Lipinski definition) is 5. The summed E-state index contributed by atoms with van der Waals surface area (Å²) < 4.78 is 5.52. The zero-order valence-electron chi connectivity index (χ0n) is 20.2. The van der Waals surface area contributed by atoms with E-state index in [2.05, 4.69) is 25.1 Å². The van der Waals surface area contributed by atoms with E-state index in [1.54, 1.807) is 6.07 Å². The minimum Gasteiger partial charge on any atom is -0.446 e. The standard InChI is InChI=1S/C29H26N4O3/c1-17-10-21(4-6-24(17)20-5-7-25-22(11-20)12-23(13-30)36-25)26-31-29(8-9-29)28(35)33(26)16-18-14-32(15-18)27(34)19-2-3-19/h4-7,10-12,18-19H,2-3,8-9,14-16H2,1H3. The number of amides is 2. The number of aryl methyl sites for hydroxylation is 1. The summed E-state index contributed by atoms with van der Waals surface area (Å²) in [6.07, 6.45) is 3.68. The predicted molar refractivity (Wildman–Crippen MR) is 134 cm³/mol. The van der Waals surface area contributed by atoms with Gasteiger partial charge in [-0.1, -0.05) is 18.2 Å². The minimum absolute atomic E-state index is 0.116. The SMILES string of the molecule is Cc1cc(C2=NC3(CC3)C(=O)N2CC2CN(C(=O)C3CC3)C2)ccc1-c1ccc2oc(C#N)cc2c1. The molecule has 1 spiro atoms. The van der Waals surface area contributed by atoms with Crippen LogP contribution >= 0.6 is 0 Å². The lowest BCUT2D eigenvalue weighted by atomic mass is 9.96. The quantitative estimate of drug-likeness (QED) is 0.548. The Hall–Kier alpha value is -3.92. The van der Waals surface area contributed by atoms with Crippen molar-refractivity contribution in [1.82, 2.24) is 9.80 Å². The third kappa shape index (κ3) is 3.35. The van der Waals surface area contributed by atoms with E-state index in [-0.39, 0.29) is 17.7 Å². The Kier molecular flexibility index (Phi) is 4.47. The lowest BCUT2D eigenvalue weighted by Crippen LogP contribution is -2.55. The number of carbonyl (C=O) groups is 2. The van der Waals surface area contributed by atoms with Crippen LogP contribution in [0, 0.1) is 30.1 Å². The van der Waals surface area contributed by atoms with Crippen LogP contribution in [0.15, 0.2) is 51.9 Å². The van der Waals surface area contributed by atoms with Crippen LogP contribution < -0.4 is 0 Å². The molecule has 3 heterocycles. The number of fused-ring (bicyclic) bond motifs is 1. The highest BCUT2D eigenvalue weighted by Gasteiger charge is 2.58. The molecule has 4 aliphatic rings. The number of likely N-dealkylation sites (tertiary alicyclic amines) is 1. The van der Waals surface area contributed by atoms with Crippen molar-refractivity contribution in [1.29, 1.82) is 5.26 Å². The largest absolute Gasteiger partial charge is 0.446 e. The fourth-order valence-corrected chi connectivity index (χ4v) is 5.60. The molecule has 3 aromatic rings. The highest BCUT2D eigenvalue weighted by Crippen LogP contribution is 2.46. The molecule has 2 saturated carbocycles. The predicted octanol–water partition coefficient (Wildman–Crippen LogP) is 4.27. The van der Waals surface area contributed by atoms with Crippen LogP contribution in [-0.4, -0.2) is 52.6 Å². The number of amidine groups is 1. The van der Waals surface area contributed by atoms with Crippen LogP contribution in [0.2, 0.25) is 0 Å².